The lowest BCUT2D eigenvalue weighted by Gasteiger charge is -2.13. The van der Waals surface area contributed by atoms with Crippen molar-refractivity contribution in [2.75, 3.05) is 13.2 Å². The quantitative estimate of drug-likeness (QED) is 0.581. The van der Waals surface area contributed by atoms with Crippen LogP contribution in [-0.2, 0) is 9.53 Å². The van der Waals surface area contributed by atoms with Crippen molar-refractivity contribution >= 4 is 5.97 Å². The number of esters is 1. The van der Waals surface area contributed by atoms with Crippen LogP contribution in [0.4, 0.5) is 0 Å². The lowest BCUT2D eigenvalue weighted by atomic mass is 10.1. The summed E-state index contributed by atoms with van der Waals surface area (Å²) in [6.45, 7) is 5.16. The van der Waals surface area contributed by atoms with E-state index in [9.17, 15) is 4.79 Å². The Morgan fingerprint density at radius 2 is 2.41 bits per heavy atom. The Morgan fingerprint density at radius 1 is 1.59 bits per heavy atom. The summed E-state index contributed by atoms with van der Waals surface area (Å²) in [4.78, 5) is 15.2. The molecule has 0 saturated carbocycles. The smallest absolute Gasteiger partial charge is 0.305 e. The van der Waals surface area contributed by atoms with E-state index in [1.165, 1.54) is 0 Å². The Morgan fingerprint density at radius 3 is 3.06 bits per heavy atom. The van der Waals surface area contributed by atoms with Gasteiger partial charge in [0, 0.05) is 24.9 Å². The van der Waals surface area contributed by atoms with E-state index >= 15 is 0 Å². The van der Waals surface area contributed by atoms with E-state index in [1.54, 1.807) is 6.20 Å². The number of aromatic nitrogens is 1. The van der Waals surface area contributed by atoms with Crippen LogP contribution < -0.4 is 5.32 Å². The number of nitrogens with zero attached hydrogens (tertiary/aromatic N) is 1. The number of nitrogens with one attached hydrogen (secondary N) is 1. The van der Waals surface area contributed by atoms with Crippen molar-refractivity contribution in [2.45, 2.75) is 32.7 Å². The fourth-order valence-electron chi connectivity index (χ4n) is 1.53. The van der Waals surface area contributed by atoms with Crippen LogP contribution in [0.15, 0.2) is 24.5 Å². The van der Waals surface area contributed by atoms with Gasteiger partial charge in [-0.2, -0.15) is 0 Å². The molecule has 1 rings (SSSR count). The Kier molecular flexibility index (Phi) is 6.25. The number of rotatable bonds is 7. The van der Waals surface area contributed by atoms with Crippen LogP contribution in [0.2, 0.25) is 0 Å². The summed E-state index contributed by atoms with van der Waals surface area (Å²) in [5.41, 5.74) is 1.16. The topological polar surface area (TPSA) is 51.2 Å². The Bertz CT molecular complexity index is 327. The van der Waals surface area contributed by atoms with Gasteiger partial charge in [0.1, 0.15) is 0 Å². The Hall–Kier alpha value is -1.42. The highest BCUT2D eigenvalue weighted by Crippen LogP contribution is 2.09. The SMILES string of the molecule is CCOC(=O)CCCNC(C)c1cccnc1. The van der Waals surface area contributed by atoms with Crippen LogP contribution in [-0.4, -0.2) is 24.1 Å². The second kappa shape index (κ2) is 7.79. The molecule has 0 fully saturated rings. The minimum absolute atomic E-state index is 0.122. The third-order valence-corrected chi connectivity index (χ3v) is 2.50. The maximum absolute atomic E-state index is 11.1. The monoisotopic (exact) mass is 236 g/mol. The van der Waals surface area contributed by atoms with E-state index in [1.807, 2.05) is 25.3 Å². The highest BCUT2D eigenvalue weighted by atomic mass is 16.5. The number of hydrogen-bond donors (Lipinski definition) is 1. The highest BCUT2D eigenvalue weighted by Gasteiger charge is 2.05. The van der Waals surface area contributed by atoms with E-state index in [2.05, 4.69) is 17.2 Å². The third kappa shape index (κ3) is 5.45. The molecule has 0 saturated heterocycles. The van der Waals surface area contributed by atoms with E-state index in [-0.39, 0.29) is 12.0 Å². The van der Waals surface area contributed by atoms with Crippen molar-refractivity contribution in [1.29, 1.82) is 0 Å². The normalized spacial score (nSPS) is 12.1. The zero-order valence-electron chi connectivity index (χ0n) is 10.5. The van der Waals surface area contributed by atoms with Gasteiger partial charge in [0.25, 0.3) is 0 Å². The second-order valence-electron chi connectivity index (χ2n) is 3.87. The molecule has 0 aliphatic heterocycles. The number of hydrogen-bond acceptors (Lipinski definition) is 4. The molecular weight excluding hydrogens is 216 g/mol. The Labute approximate surface area is 102 Å². The van der Waals surface area contributed by atoms with Crippen molar-refractivity contribution in [2.24, 2.45) is 0 Å². The zero-order chi connectivity index (χ0) is 12.5. The molecule has 17 heavy (non-hydrogen) atoms. The van der Waals surface area contributed by atoms with Crippen LogP contribution in [0.25, 0.3) is 0 Å². The van der Waals surface area contributed by atoms with Crippen LogP contribution in [0, 0.1) is 0 Å². The van der Waals surface area contributed by atoms with Gasteiger partial charge in [0.05, 0.1) is 6.61 Å². The summed E-state index contributed by atoms with van der Waals surface area (Å²) in [5.74, 6) is -0.122. The molecule has 1 unspecified atom stereocenters. The first-order valence-corrected chi connectivity index (χ1v) is 6.03. The molecule has 0 spiro atoms. The van der Waals surface area contributed by atoms with Gasteiger partial charge in [-0.3, -0.25) is 9.78 Å². The molecule has 1 N–H and O–H groups in total. The summed E-state index contributed by atoms with van der Waals surface area (Å²) < 4.78 is 4.86. The van der Waals surface area contributed by atoms with Gasteiger partial charge in [-0.05, 0) is 38.4 Å². The average molecular weight is 236 g/mol. The van der Waals surface area contributed by atoms with Crippen molar-refractivity contribution in [3.8, 4) is 0 Å². The van der Waals surface area contributed by atoms with Gasteiger partial charge in [-0.25, -0.2) is 0 Å². The number of pyridine rings is 1. The van der Waals surface area contributed by atoms with Gasteiger partial charge >= 0.3 is 5.97 Å². The molecule has 1 aromatic heterocycles. The molecule has 4 heteroatoms. The van der Waals surface area contributed by atoms with E-state index < -0.39 is 0 Å². The first-order chi connectivity index (χ1) is 8.24. The fourth-order valence-corrected chi connectivity index (χ4v) is 1.53. The summed E-state index contributed by atoms with van der Waals surface area (Å²) in [6.07, 6.45) is 4.88. The van der Waals surface area contributed by atoms with Crippen LogP contribution in [0.1, 0.15) is 38.3 Å². The van der Waals surface area contributed by atoms with Gasteiger partial charge < -0.3 is 10.1 Å². The van der Waals surface area contributed by atoms with Gasteiger partial charge in [-0.15, -0.1) is 0 Å². The minimum Gasteiger partial charge on any atom is -0.466 e. The molecule has 1 atom stereocenters. The van der Waals surface area contributed by atoms with Crippen molar-refractivity contribution in [3.05, 3.63) is 30.1 Å². The van der Waals surface area contributed by atoms with Crippen LogP contribution in [0.3, 0.4) is 0 Å². The first kappa shape index (κ1) is 13.6. The second-order valence-corrected chi connectivity index (χ2v) is 3.87. The van der Waals surface area contributed by atoms with Gasteiger partial charge in [-0.1, -0.05) is 6.07 Å². The molecule has 0 aromatic carbocycles. The molecule has 4 nitrogen and oxygen atoms in total. The summed E-state index contributed by atoms with van der Waals surface area (Å²) in [6, 6.07) is 4.22. The zero-order valence-corrected chi connectivity index (χ0v) is 10.5. The van der Waals surface area contributed by atoms with Crippen molar-refractivity contribution in [1.82, 2.24) is 10.3 Å². The van der Waals surface area contributed by atoms with Crippen LogP contribution >= 0.6 is 0 Å². The standard InChI is InChI=1S/C13H20N2O2/c1-3-17-13(16)7-5-9-15-11(2)12-6-4-8-14-10-12/h4,6,8,10-11,15H,3,5,7,9H2,1-2H3. The molecule has 1 aromatic rings. The molecule has 0 bridgehead atoms. The molecule has 0 amide bonds. The molecule has 0 aliphatic rings. The third-order valence-electron chi connectivity index (χ3n) is 2.50. The van der Waals surface area contributed by atoms with E-state index in [0.29, 0.717) is 13.0 Å². The highest BCUT2D eigenvalue weighted by molar-refractivity contribution is 5.69. The average Bonchev–Trinajstić information content (AvgIpc) is 2.36. The van der Waals surface area contributed by atoms with Crippen molar-refractivity contribution < 1.29 is 9.53 Å². The Balaban J connectivity index is 2.17. The number of ether oxygens (including phenoxy) is 1. The summed E-state index contributed by atoms with van der Waals surface area (Å²) >= 11 is 0. The molecule has 0 aliphatic carbocycles. The maximum atomic E-state index is 11.1. The number of carbonyl (C=O) groups is 1. The summed E-state index contributed by atoms with van der Waals surface area (Å²) in [5, 5.41) is 3.35. The lowest BCUT2D eigenvalue weighted by Crippen LogP contribution is -2.20. The molecule has 0 radical (unpaired) electrons. The fraction of sp³-hybridized carbons (Fsp3) is 0.538. The first-order valence-electron chi connectivity index (χ1n) is 6.03. The molecular formula is C13H20N2O2. The maximum Gasteiger partial charge on any atom is 0.305 e. The van der Waals surface area contributed by atoms with Gasteiger partial charge in [0.15, 0.2) is 0 Å². The summed E-state index contributed by atoms with van der Waals surface area (Å²) in [7, 11) is 0. The largest absolute Gasteiger partial charge is 0.466 e. The molecule has 94 valence electrons. The lowest BCUT2D eigenvalue weighted by molar-refractivity contribution is -0.143. The minimum atomic E-state index is -0.122. The van der Waals surface area contributed by atoms with Crippen LogP contribution in [0.5, 0.6) is 0 Å². The van der Waals surface area contributed by atoms with Crippen molar-refractivity contribution in [3.63, 3.8) is 0 Å². The van der Waals surface area contributed by atoms with Gasteiger partial charge in [0.2, 0.25) is 0 Å². The number of carbonyl (C=O) groups excluding carboxylic acids is 1. The van der Waals surface area contributed by atoms with E-state index in [0.717, 1.165) is 18.5 Å². The predicted molar refractivity (Wildman–Crippen MR) is 66.5 cm³/mol. The molecule has 1 heterocycles. The predicted octanol–water partition coefficient (Wildman–Crippen LogP) is 2.08. The van der Waals surface area contributed by atoms with E-state index in [4.69, 9.17) is 4.74 Å².